The van der Waals surface area contributed by atoms with Gasteiger partial charge in [-0.15, -0.1) is 0 Å². The predicted octanol–water partition coefficient (Wildman–Crippen LogP) is 0.708. The second-order valence-corrected chi connectivity index (χ2v) is 3.77. The molecule has 0 spiro atoms. The second kappa shape index (κ2) is 3.54. The fourth-order valence-electron chi connectivity index (χ4n) is 1.92. The maximum atomic E-state index is 11.4. The number of nitrogens with zero attached hydrogens (tertiary/aromatic N) is 1. The van der Waals surface area contributed by atoms with Gasteiger partial charge in [-0.3, -0.25) is 0 Å². The van der Waals surface area contributed by atoms with E-state index >= 15 is 0 Å². The Morgan fingerprint density at radius 3 is 2.85 bits per heavy atom. The summed E-state index contributed by atoms with van der Waals surface area (Å²) in [5.74, 6) is 0. The maximum Gasteiger partial charge on any atom is 0.410 e. The summed E-state index contributed by atoms with van der Waals surface area (Å²) in [6.45, 7) is 1.22. The first kappa shape index (κ1) is 8.81. The Kier molecular flexibility index (Phi) is 2.40. The van der Waals surface area contributed by atoms with E-state index in [1.54, 1.807) is 0 Å². The summed E-state index contributed by atoms with van der Waals surface area (Å²) in [7, 11) is 0. The molecule has 0 radical (unpaired) electrons. The first-order valence-electron chi connectivity index (χ1n) is 4.98. The highest BCUT2D eigenvalue weighted by molar-refractivity contribution is 5.69. The molecule has 4 heteroatoms. The fraction of sp³-hybridized carbons (Fsp3) is 0.889. The molecule has 1 heterocycles. The van der Waals surface area contributed by atoms with E-state index in [2.05, 4.69) is 0 Å². The van der Waals surface area contributed by atoms with Crippen molar-refractivity contribution in [2.45, 2.75) is 37.8 Å². The molecule has 0 bridgehead atoms. The van der Waals surface area contributed by atoms with Gasteiger partial charge in [-0.1, -0.05) is 0 Å². The van der Waals surface area contributed by atoms with Crippen molar-refractivity contribution in [2.24, 2.45) is 5.73 Å². The summed E-state index contributed by atoms with van der Waals surface area (Å²) in [6.07, 6.45) is 3.99. The van der Waals surface area contributed by atoms with Gasteiger partial charge >= 0.3 is 6.09 Å². The molecule has 0 aromatic heterocycles. The highest BCUT2D eigenvalue weighted by Gasteiger charge is 2.40. The number of ether oxygens (including phenoxy) is 1. The van der Waals surface area contributed by atoms with Gasteiger partial charge in [0.2, 0.25) is 0 Å². The van der Waals surface area contributed by atoms with Crippen LogP contribution >= 0.6 is 0 Å². The molecule has 2 rings (SSSR count). The van der Waals surface area contributed by atoms with Crippen molar-refractivity contribution in [2.75, 3.05) is 13.2 Å². The quantitative estimate of drug-likeness (QED) is 0.702. The van der Waals surface area contributed by atoms with Crippen LogP contribution in [0.3, 0.4) is 0 Å². The summed E-state index contributed by atoms with van der Waals surface area (Å²) in [5, 5.41) is 0. The summed E-state index contributed by atoms with van der Waals surface area (Å²) in [4.78, 5) is 13.3. The van der Waals surface area contributed by atoms with Crippen LogP contribution in [0.25, 0.3) is 0 Å². The number of carbonyl (C=O) groups excluding carboxylic acids is 1. The molecule has 2 aliphatic rings. The van der Waals surface area contributed by atoms with Crippen molar-refractivity contribution in [3.8, 4) is 0 Å². The van der Waals surface area contributed by atoms with Crippen molar-refractivity contribution in [1.29, 1.82) is 0 Å². The molecular formula is C9H16N2O2. The van der Waals surface area contributed by atoms with Gasteiger partial charge in [0.15, 0.2) is 0 Å². The Morgan fingerprint density at radius 2 is 2.23 bits per heavy atom. The smallest absolute Gasteiger partial charge is 0.410 e. The van der Waals surface area contributed by atoms with Crippen molar-refractivity contribution in [1.82, 2.24) is 4.90 Å². The highest BCUT2D eigenvalue weighted by Crippen LogP contribution is 2.32. The van der Waals surface area contributed by atoms with Gasteiger partial charge in [-0.25, -0.2) is 4.79 Å². The lowest BCUT2D eigenvalue weighted by Gasteiger charge is -2.34. The Morgan fingerprint density at radius 1 is 1.46 bits per heavy atom. The van der Waals surface area contributed by atoms with Crippen LogP contribution in [0.4, 0.5) is 4.79 Å². The van der Waals surface area contributed by atoms with Crippen molar-refractivity contribution in [3.63, 3.8) is 0 Å². The van der Waals surface area contributed by atoms with Gasteiger partial charge in [-0.2, -0.15) is 0 Å². The molecule has 13 heavy (non-hydrogen) atoms. The molecule has 0 aromatic carbocycles. The lowest BCUT2D eigenvalue weighted by atomic mass is 10.1. The zero-order valence-electron chi connectivity index (χ0n) is 7.74. The lowest BCUT2D eigenvalue weighted by Crippen LogP contribution is -2.47. The number of nitrogens with two attached hydrogens (primary N) is 1. The number of amides is 1. The summed E-state index contributed by atoms with van der Waals surface area (Å²) < 4.78 is 5.01. The van der Waals surface area contributed by atoms with Crippen LogP contribution in [-0.4, -0.2) is 36.2 Å². The third-order valence-corrected chi connectivity index (χ3v) is 2.72. The lowest BCUT2D eigenvalue weighted by molar-refractivity contribution is 0.0387. The van der Waals surface area contributed by atoms with E-state index in [9.17, 15) is 4.79 Å². The Balaban J connectivity index is 2.00. The van der Waals surface area contributed by atoms with Gasteiger partial charge in [0.05, 0.1) is 6.61 Å². The minimum atomic E-state index is -0.132. The number of rotatable bonds is 3. The van der Waals surface area contributed by atoms with E-state index in [1.807, 2.05) is 4.90 Å². The number of hydrogen-bond donors (Lipinski definition) is 1. The minimum absolute atomic E-state index is 0.132. The average Bonchev–Trinajstić information content (AvgIpc) is 2.88. The van der Waals surface area contributed by atoms with Crippen LogP contribution in [0.15, 0.2) is 0 Å². The van der Waals surface area contributed by atoms with E-state index in [4.69, 9.17) is 10.5 Å². The molecule has 1 aliphatic heterocycles. The molecule has 1 atom stereocenters. The molecule has 0 aromatic rings. The van der Waals surface area contributed by atoms with Crippen LogP contribution in [0.1, 0.15) is 25.7 Å². The Bertz CT molecular complexity index is 202. The maximum absolute atomic E-state index is 11.4. The molecule has 1 amide bonds. The van der Waals surface area contributed by atoms with Crippen LogP contribution in [0.2, 0.25) is 0 Å². The molecule has 74 valence electrons. The van der Waals surface area contributed by atoms with Gasteiger partial charge < -0.3 is 15.4 Å². The number of hydrogen-bond acceptors (Lipinski definition) is 3. The average molecular weight is 184 g/mol. The summed E-state index contributed by atoms with van der Waals surface area (Å²) in [5.41, 5.74) is 5.51. The van der Waals surface area contributed by atoms with E-state index in [0.717, 1.165) is 25.7 Å². The normalized spacial score (nSPS) is 28.8. The van der Waals surface area contributed by atoms with Gasteiger partial charge in [-0.05, 0) is 25.8 Å². The van der Waals surface area contributed by atoms with Crippen molar-refractivity contribution < 1.29 is 9.53 Å². The Labute approximate surface area is 78.0 Å². The molecule has 1 saturated carbocycles. The molecule has 2 fully saturated rings. The molecule has 1 aliphatic carbocycles. The van der Waals surface area contributed by atoms with E-state index in [1.165, 1.54) is 0 Å². The van der Waals surface area contributed by atoms with Crippen LogP contribution in [0, 0.1) is 0 Å². The number of carbonyl (C=O) groups is 1. The zero-order valence-corrected chi connectivity index (χ0v) is 7.74. The topological polar surface area (TPSA) is 55.6 Å². The predicted molar refractivity (Wildman–Crippen MR) is 48.3 cm³/mol. The molecular weight excluding hydrogens is 168 g/mol. The third kappa shape index (κ3) is 1.77. The monoisotopic (exact) mass is 184 g/mol. The highest BCUT2D eigenvalue weighted by atomic mass is 16.6. The van der Waals surface area contributed by atoms with Crippen molar-refractivity contribution >= 4 is 6.09 Å². The van der Waals surface area contributed by atoms with E-state index < -0.39 is 0 Å². The molecule has 1 unspecified atom stereocenters. The molecule has 4 nitrogen and oxygen atoms in total. The van der Waals surface area contributed by atoms with Crippen LogP contribution in [-0.2, 0) is 4.74 Å². The Hall–Kier alpha value is -0.770. The van der Waals surface area contributed by atoms with Crippen LogP contribution < -0.4 is 5.73 Å². The van der Waals surface area contributed by atoms with Gasteiger partial charge in [0.1, 0.15) is 0 Å². The first-order valence-corrected chi connectivity index (χ1v) is 4.98. The van der Waals surface area contributed by atoms with Gasteiger partial charge in [0.25, 0.3) is 0 Å². The first-order chi connectivity index (χ1) is 6.33. The van der Waals surface area contributed by atoms with Crippen LogP contribution in [0.5, 0.6) is 0 Å². The summed E-state index contributed by atoms with van der Waals surface area (Å²) in [6, 6.07) is 0.781. The van der Waals surface area contributed by atoms with E-state index in [-0.39, 0.29) is 6.09 Å². The summed E-state index contributed by atoms with van der Waals surface area (Å²) >= 11 is 0. The molecule has 2 N–H and O–H groups in total. The van der Waals surface area contributed by atoms with Crippen molar-refractivity contribution in [3.05, 3.63) is 0 Å². The minimum Gasteiger partial charge on any atom is -0.449 e. The fourth-order valence-corrected chi connectivity index (χ4v) is 1.92. The number of cyclic esters (lactones) is 1. The zero-order chi connectivity index (χ0) is 9.26. The van der Waals surface area contributed by atoms with Gasteiger partial charge in [0, 0.05) is 18.5 Å². The van der Waals surface area contributed by atoms with E-state index in [0.29, 0.717) is 25.2 Å². The third-order valence-electron chi connectivity index (χ3n) is 2.72. The standard InChI is InChI=1S/C9H16N2O2/c10-5-3-8-4-6-13-9(12)11(8)7-1-2-7/h7-8H,1-6,10H2. The SMILES string of the molecule is NCCC1CCOC(=O)N1C1CC1. The molecule has 1 saturated heterocycles. The largest absolute Gasteiger partial charge is 0.449 e. The second-order valence-electron chi connectivity index (χ2n) is 3.77.